The second-order valence-corrected chi connectivity index (χ2v) is 9.79. The molecule has 0 saturated heterocycles. The van der Waals surface area contributed by atoms with Crippen LogP contribution in [0.4, 0.5) is 0 Å². The van der Waals surface area contributed by atoms with Crippen LogP contribution in [0.5, 0.6) is 11.5 Å². The van der Waals surface area contributed by atoms with Gasteiger partial charge in [0.05, 0.1) is 6.10 Å². The maximum Gasteiger partial charge on any atom is 0.251 e. The molecule has 1 fully saturated rings. The van der Waals surface area contributed by atoms with Gasteiger partial charge in [-0.1, -0.05) is 48.5 Å². The van der Waals surface area contributed by atoms with Crippen LogP contribution in [0.25, 0.3) is 33.3 Å². The first kappa shape index (κ1) is 23.9. The van der Waals surface area contributed by atoms with Crippen molar-refractivity contribution in [2.24, 2.45) is 0 Å². The Morgan fingerprint density at radius 1 is 0.868 bits per heavy atom. The van der Waals surface area contributed by atoms with Crippen LogP contribution < -0.4 is 10.1 Å². The summed E-state index contributed by atoms with van der Waals surface area (Å²) in [7, 11) is 0. The Morgan fingerprint density at radius 3 is 2.50 bits per heavy atom. The Labute approximate surface area is 221 Å². The number of benzene rings is 3. The minimum absolute atomic E-state index is 0.0844. The molecule has 1 aliphatic carbocycles. The van der Waals surface area contributed by atoms with E-state index in [-0.39, 0.29) is 18.1 Å². The van der Waals surface area contributed by atoms with Gasteiger partial charge in [-0.25, -0.2) is 4.98 Å². The van der Waals surface area contributed by atoms with E-state index in [0.717, 1.165) is 70.5 Å². The first-order valence-electron chi connectivity index (χ1n) is 13.0. The summed E-state index contributed by atoms with van der Waals surface area (Å²) >= 11 is 0. The summed E-state index contributed by atoms with van der Waals surface area (Å²) in [6.07, 6.45) is 6.61. The summed E-state index contributed by atoms with van der Waals surface area (Å²) < 4.78 is 6.19. The zero-order chi connectivity index (χ0) is 25.9. The lowest BCUT2D eigenvalue weighted by Crippen LogP contribution is -2.38. The van der Waals surface area contributed by atoms with E-state index in [1.165, 1.54) is 0 Å². The summed E-state index contributed by atoms with van der Waals surface area (Å²) in [5, 5.41) is 13.9. The van der Waals surface area contributed by atoms with E-state index in [2.05, 4.69) is 21.4 Å². The third-order valence-electron chi connectivity index (χ3n) is 7.17. The number of carbonyl (C=O) groups excluding carboxylic acids is 1. The van der Waals surface area contributed by atoms with Crippen molar-refractivity contribution in [3.8, 4) is 33.8 Å². The van der Waals surface area contributed by atoms with E-state index < -0.39 is 0 Å². The van der Waals surface area contributed by atoms with Gasteiger partial charge in [-0.2, -0.15) is 0 Å². The molecule has 0 unspecified atom stereocenters. The predicted octanol–water partition coefficient (Wildman–Crippen LogP) is 6.72. The largest absolute Gasteiger partial charge is 0.457 e. The van der Waals surface area contributed by atoms with Gasteiger partial charge in [0.25, 0.3) is 5.91 Å². The number of pyridine rings is 1. The van der Waals surface area contributed by atoms with E-state index in [1.54, 1.807) is 0 Å². The molecule has 0 bridgehead atoms. The van der Waals surface area contributed by atoms with Gasteiger partial charge in [0, 0.05) is 46.1 Å². The number of para-hydroxylation sites is 2. The number of H-pyrrole nitrogens is 1. The Morgan fingerprint density at radius 2 is 1.66 bits per heavy atom. The maximum atomic E-state index is 13.0. The number of rotatable bonds is 6. The molecule has 0 spiro atoms. The molecule has 1 saturated carbocycles. The lowest BCUT2D eigenvalue weighted by atomic mass is 9.93. The summed E-state index contributed by atoms with van der Waals surface area (Å²) in [6.45, 7) is 0. The molecule has 38 heavy (non-hydrogen) atoms. The SMILES string of the molecule is O=C(N[C@H]1CC[C@H](O)CC1)c1cccc(-c2c[nH]c3ncc(-c4ccccc4Oc4ccccc4)cc23)c1. The second kappa shape index (κ2) is 10.5. The number of nitrogens with zero attached hydrogens (tertiary/aromatic N) is 1. The topological polar surface area (TPSA) is 87.2 Å². The van der Waals surface area contributed by atoms with E-state index in [4.69, 9.17) is 4.74 Å². The molecule has 1 amide bonds. The summed E-state index contributed by atoms with van der Waals surface area (Å²) in [5.41, 5.74) is 5.21. The molecule has 2 aromatic heterocycles. The molecule has 1 aliphatic rings. The highest BCUT2D eigenvalue weighted by Crippen LogP contribution is 2.36. The van der Waals surface area contributed by atoms with Gasteiger partial charge in [-0.05, 0) is 67.6 Å². The molecule has 2 heterocycles. The zero-order valence-electron chi connectivity index (χ0n) is 20.9. The van der Waals surface area contributed by atoms with E-state index in [0.29, 0.717) is 5.56 Å². The molecule has 0 radical (unpaired) electrons. The van der Waals surface area contributed by atoms with Crippen LogP contribution in [0.2, 0.25) is 0 Å². The van der Waals surface area contributed by atoms with Crippen LogP contribution in [0.3, 0.4) is 0 Å². The maximum absolute atomic E-state index is 13.0. The number of nitrogens with one attached hydrogen (secondary N) is 2. The number of aromatic nitrogens is 2. The minimum atomic E-state index is -0.247. The number of aliphatic hydroxyl groups excluding tert-OH is 1. The highest BCUT2D eigenvalue weighted by Gasteiger charge is 2.21. The number of ether oxygens (including phenoxy) is 1. The Hall–Kier alpha value is -4.42. The molecule has 0 atom stereocenters. The van der Waals surface area contributed by atoms with Crippen molar-refractivity contribution in [3.63, 3.8) is 0 Å². The van der Waals surface area contributed by atoms with Crippen LogP contribution in [-0.2, 0) is 0 Å². The fraction of sp³-hybridized carbons (Fsp3) is 0.188. The van der Waals surface area contributed by atoms with Crippen LogP contribution in [0, 0.1) is 0 Å². The molecule has 190 valence electrons. The molecule has 6 nitrogen and oxygen atoms in total. The van der Waals surface area contributed by atoms with Gasteiger partial charge in [0.2, 0.25) is 0 Å². The van der Waals surface area contributed by atoms with Gasteiger partial charge in [-0.15, -0.1) is 0 Å². The number of carbonyl (C=O) groups is 1. The molecule has 3 N–H and O–H groups in total. The quantitative estimate of drug-likeness (QED) is 0.240. The molecule has 6 heteroatoms. The van der Waals surface area contributed by atoms with Crippen LogP contribution in [-0.4, -0.2) is 33.1 Å². The normalized spacial score (nSPS) is 17.3. The third-order valence-corrected chi connectivity index (χ3v) is 7.17. The smallest absolute Gasteiger partial charge is 0.251 e. The van der Waals surface area contributed by atoms with Gasteiger partial charge in [0.15, 0.2) is 0 Å². The Kier molecular flexibility index (Phi) is 6.63. The van der Waals surface area contributed by atoms with Gasteiger partial charge in [0.1, 0.15) is 17.1 Å². The fourth-order valence-corrected chi connectivity index (χ4v) is 5.12. The number of aromatic amines is 1. The number of aliphatic hydroxyl groups is 1. The molecular formula is C32H29N3O3. The fourth-order valence-electron chi connectivity index (χ4n) is 5.12. The minimum Gasteiger partial charge on any atom is -0.457 e. The van der Waals surface area contributed by atoms with Crippen molar-refractivity contribution in [1.29, 1.82) is 0 Å². The first-order valence-corrected chi connectivity index (χ1v) is 13.0. The van der Waals surface area contributed by atoms with Crippen molar-refractivity contribution >= 4 is 16.9 Å². The molecule has 5 aromatic rings. The lowest BCUT2D eigenvalue weighted by molar-refractivity contribution is 0.0867. The van der Waals surface area contributed by atoms with E-state index in [9.17, 15) is 9.90 Å². The van der Waals surface area contributed by atoms with Gasteiger partial charge in [-0.3, -0.25) is 4.79 Å². The standard InChI is InChI=1S/C32H29N3O3/c36-25-15-13-24(14-16-25)35-32(37)22-8-6-7-21(17-22)29-20-34-31-28(29)18-23(19-33-31)27-11-4-5-12-30(27)38-26-9-2-1-3-10-26/h1-12,17-20,24-25,36H,13-16H2,(H,33,34)(H,35,37)/t24-,25-. The number of amides is 1. The number of hydrogen-bond acceptors (Lipinski definition) is 4. The van der Waals surface area contributed by atoms with Gasteiger partial charge >= 0.3 is 0 Å². The molecule has 3 aromatic carbocycles. The van der Waals surface area contributed by atoms with Crippen molar-refractivity contribution in [2.75, 3.05) is 0 Å². The monoisotopic (exact) mass is 503 g/mol. The van der Waals surface area contributed by atoms with E-state index in [1.807, 2.05) is 91.3 Å². The summed E-state index contributed by atoms with van der Waals surface area (Å²) in [4.78, 5) is 21.0. The number of fused-ring (bicyclic) bond motifs is 1. The Bertz CT molecular complexity index is 1570. The van der Waals surface area contributed by atoms with Crippen LogP contribution >= 0.6 is 0 Å². The van der Waals surface area contributed by atoms with Crippen LogP contribution in [0.1, 0.15) is 36.0 Å². The summed E-state index contributed by atoms with van der Waals surface area (Å²) in [6, 6.07) is 27.6. The predicted molar refractivity (Wildman–Crippen MR) is 149 cm³/mol. The number of hydrogen-bond donors (Lipinski definition) is 3. The lowest BCUT2D eigenvalue weighted by Gasteiger charge is -2.26. The zero-order valence-corrected chi connectivity index (χ0v) is 20.9. The van der Waals surface area contributed by atoms with Crippen LogP contribution in [0.15, 0.2) is 97.3 Å². The molecular weight excluding hydrogens is 474 g/mol. The highest BCUT2D eigenvalue weighted by atomic mass is 16.5. The molecule has 6 rings (SSSR count). The van der Waals surface area contributed by atoms with Gasteiger partial charge < -0.3 is 20.1 Å². The average molecular weight is 504 g/mol. The Balaban J connectivity index is 1.30. The van der Waals surface area contributed by atoms with Crippen molar-refractivity contribution in [1.82, 2.24) is 15.3 Å². The second-order valence-electron chi connectivity index (χ2n) is 9.79. The molecule has 0 aliphatic heterocycles. The highest BCUT2D eigenvalue weighted by molar-refractivity contribution is 5.99. The third kappa shape index (κ3) is 5.04. The van der Waals surface area contributed by atoms with Crippen molar-refractivity contribution in [3.05, 3.63) is 103 Å². The van der Waals surface area contributed by atoms with Crippen molar-refractivity contribution in [2.45, 2.75) is 37.8 Å². The van der Waals surface area contributed by atoms with E-state index >= 15 is 0 Å². The summed E-state index contributed by atoms with van der Waals surface area (Å²) in [5.74, 6) is 1.44. The van der Waals surface area contributed by atoms with Crippen molar-refractivity contribution < 1.29 is 14.6 Å². The first-order chi connectivity index (χ1) is 18.6. The average Bonchev–Trinajstić information content (AvgIpc) is 3.39.